The Balaban J connectivity index is 4.79. The molecule has 0 amide bonds. The SMILES string of the molecule is C=C(OC(C)=O)/C(SC)=C(\C)OC(C)=O. The van der Waals surface area contributed by atoms with Crippen molar-refractivity contribution in [2.24, 2.45) is 0 Å². The third kappa shape index (κ3) is 5.27. The summed E-state index contributed by atoms with van der Waals surface area (Å²) in [4.78, 5) is 22.0. The van der Waals surface area contributed by atoms with Gasteiger partial charge in [0, 0.05) is 13.8 Å². The number of thioether (sulfide) groups is 1. The number of ether oxygens (including phenoxy) is 2. The number of carbonyl (C=O) groups excluding carboxylic acids is 2. The van der Waals surface area contributed by atoms with Crippen molar-refractivity contribution in [2.75, 3.05) is 6.26 Å². The maximum atomic E-state index is 10.7. The molecule has 0 unspecified atom stereocenters. The summed E-state index contributed by atoms with van der Waals surface area (Å²) in [6.45, 7) is 7.78. The van der Waals surface area contributed by atoms with Crippen LogP contribution in [0.25, 0.3) is 0 Å². The van der Waals surface area contributed by atoms with Crippen LogP contribution in [-0.4, -0.2) is 18.2 Å². The lowest BCUT2D eigenvalue weighted by Crippen LogP contribution is -2.03. The molecule has 4 nitrogen and oxygen atoms in total. The number of carbonyl (C=O) groups is 2. The molecule has 0 atom stereocenters. The number of allylic oxidation sites excluding steroid dienone is 1. The maximum absolute atomic E-state index is 10.7. The van der Waals surface area contributed by atoms with Crippen molar-refractivity contribution in [1.82, 2.24) is 0 Å². The highest BCUT2D eigenvalue weighted by Gasteiger charge is 2.11. The summed E-state index contributed by atoms with van der Waals surface area (Å²) in [6, 6.07) is 0. The van der Waals surface area contributed by atoms with E-state index in [0.29, 0.717) is 10.7 Å². The van der Waals surface area contributed by atoms with Gasteiger partial charge in [-0.15, -0.1) is 11.8 Å². The second-order valence-electron chi connectivity index (χ2n) is 2.70. The van der Waals surface area contributed by atoms with Crippen LogP contribution >= 0.6 is 11.8 Å². The Hall–Kier alpha value is -1.23. The predicted octanol–water partition coefficient (Wildman–Crippen LogP) is 2.22. The first-order valence-corrected chi connectivity index (χ1v) is 5.42. The van der Waals surface area contributed by atoms with E-state index in [2.05, 4.69) is 6.58 Å². The molecule has 0 rings (SSSR count). The summed E-state index contributed by atoms with van der Waals surface area (Å²) in [5, 5.41) is 0. The quantitative estimate of drug-likeness (QED) is 0.421. The first-order chi connectivity index (χ1) is 6.88. The summed E-state index contributed by atoms with van der Waals surface area (Å²) in [6.07, 6.45) is 1.77. The normalized spacial score (nSPS) is 11.5. The molecular formula is C10H14O4S. The van der Waals surface area contributed by atoms with Gasteiger partial charge in [-0.2, -0.15) is 0 Å². The van der Waals surface area contributed by atoms with Crippen molar-refractivity contribution in [1.29, 1.82) is 0 Å². The van der Waals surface area contributed by atoms with Gasteiger partial charge in [0.1, 0.15) is 11.5 Å². The molecule has 0 saturated carbocycles. The Kier molecular flexibility index (Phi) is 5.77. The van der Waals surface area contributed by atoms with E-state index in [1.807, 2.05) is 0 Å². The zero-order valence-corrected chi connectivity index (χ0v) is 10.1. The van der Waals surface area contributed by atoms with Gasteiger partial charge in [-0.1, -0.05) is 6.58 Å². The van der Waals surface area contributed by atoms with Crippen molar-refractivity contribution in [3.63, 3.8) is 0 Å². The van der Waals surface area contributed by atoms with Crippen molar-refractivity contribution in [3.8, 4) is 0 Å². The minimum Gasteiger partial charge on any atom is -0.430 e. The molecule has 0 aromatic rings. The molecule has 0 aliphatic rings. The molecule has 0 bridgehead atoms. The zero-order chi connectivity index (χ0) is 12.0. The third-order valence-electron chi connectivity index (χ3n) is 1.34. The van der Waals surface area contributed by atoms with E-state index in [-0.39, 0.29) is 5.76 Å². The standard InChI is InChI=1S/C10H14O4S/c1-6(13-8(3)11)10(15-5)7(2)14-9(4)12/h1H2,2-5H3/b10-7-. The van der Waals surface area contributed by atoms with E-state index >= 15 is 0 Å². The van der Waals surface area contributed by atoms with Gasteiger partial charge in [0.2, 0.25) is 0 Å². The first-order valence-electron chi connectivity index (χ1n) is 4.19. The molecule has 0 aromatic heterocycles. The molecule has 0 fully saturated rings. The van der Waals surface area contributed by atoms with E-state index < -0.39 is 11.9 Å². The van der Waals surface area contributed by atoms with Crippen molar-refractivity contribution >= 4 is 23.7 Å². The molecule has 15 heavy (non-hydrogen) atoms. The molecule has 84 valence electrons. The fraction of sp³-hybridized carbons (Fsp3) is 0.400. The van der Waals surface area contributed by atoms with E-state index in [0.717, 1.165) is 0 Å². The van der Waals surface area contributed by atoms with Crippen molar-refractivity contribution in [3.05, 3.63) is 23.0 Å². The molecule has 0 aliphatic carbocycles. The lowest BCUT2D eigenvalue weighted by molar-refractivity contribution is -0.136. The summed E-state index contributed by atoms with van der Waals surface area (Å²) < 4.78 is 9.68. The highest BCUT2D eigenvalue weighted by Crippen LogP contribution is 2.25. The predicted molar refractivity (Wildman–Crippen MR) is 58.9 cm³/mol. The zero-order valence-electron chi connectivity index (χ0n) is 9.25. The van der Waals surface area contributed by atoms with Gasteiger partial charge in [-0.05, 0) is 13.2 Å². The smallest absolute Gasteiger partial charge is 0.308 e. The molecule has 0 saturated heterocycles. The van der Waals surface area contributed by atoms with E-state index in [9.17, 15) is 9.59 Å². The lowest BCUT2D eigenvalue weighted by Gasteiger charge is -2.11. The van der Waals surface area contributed by atoms with Crippen LogP contribution in [0.2, 0.25) is 0 Å². The average Bonchev–Trinajstić information content (AvgIpc) is 2.01. The number of hydrogen-bond acceptors (Lipinski definition) is 5. The van der Waals surface area contributed by atoms with E-state index in [4.69, 9.17) is 9.47 Å². The Morgan fingerprint density at radius 3 is 1.87 bits per heavy atom. The van der Waals surface area contributed by atoms with Crippen LogP contribution < -0.4 is 0 Å². The monoisotopic (exact) mass is 230 g/mol. The third-order valence-corrected chi connectivity index (χ3v) is 2.26. The maximum Gasteiger partial charge on any atom is 0.308 e. The van der Waals surface area contributed by atoms with Crippen LogP contribution in [0.3, 0.4) is 0 Å². The Bertz CT molecular complexity index is 317. The second kappa shape index (κ2) is 6.29. The van der Waals surface area contributed by atoms with Gasteiger partial charge in [0.15, 0.2) is 0 Å². The fourth-order valence-electron chi connectivity index (χ4n) is 0.936. The second-order valence-corrected chi connectivity index (χ2v) is 3.52. The Labute approximate surface area is 93.3 Å². The van der Waals surface area contributed by atoms with E-state index in [1.165, 1.54) is 25.6 Å². The van der Waals surface area contributed by atoms with Crippen molar-refractivity contribution < 1.29 is 19.1 Å². The average molecular weight is 230 g/mol. The summed E-state index contributed by atoms with van der Waals surface area (Å²) in [5.41, 5.74) is 0. The fourth-order valence-corrected chi connectivity index (χ4v) is 1.53. The van der Waals surface area contributed by atoms with Gasteiger partial charge < -0.3 is 9.47 Å². The highest BCUT2D eigenvalue weighted by molar-refractivity contribution is 8.02. The lowest BCUT2D eigenvalue weighted by atomic mass is 10.4. The van der Waals surface area contributed by atoms with E-state index in [1.54, 1.807) is 13.2 Å². The van der Waals surface area contributed by atoms with Gasteiger partial charge in [-0.3, -0.25) is 9.59 Å². The summed E-state index contributed by atoms with van der Waals surface area (Å²) >= 11 is 1.30. The summed E-state index contributed by atoms with van der Waals surface area (Å²) in [5.74, 6) is -0.313. The van der Waals surface area contributed by atoms with Gasteiger partial charge >= 0.3 is 11.9 Å². The molecule has 0 radical (unpaired) electrons. The van der Waals surface area contributed by atoms with Crippen LogP contribution in [0.4, 0.5) is 0 Å². The molecule has 0 N–H and O–H groups in total. The number of rotatable bonds is 4. The highest BCUT2D eigenvalue weighted by atomic mass is 32.2. The Morgan fingerprint density at radius 1 is 1.07 bits per heavy atom. The van der Waals surface area contributed by atoms with Crippen LogP contribution in [0, 0.1) is 0 Å². The van der Waals surface area contributed by atoms with Gasteiger partial charge in [0.05, 0.1) is 4.91 Å². The van der Waals surface area contributed by atoms with Crippen molar-refractivity contribution in [2.45, 2.75) is 20.8 Å². The molecule has 0 aromatic carbocycles. The van der Waals surface area contributed by atoms with Crippen LogP contribution in [-0.2, 0) is 19.1 Å². The molecule has 0 heterocycles. The molecule has 5 heteroatoms. The molecular weight excluding hydrogens is 216 g/mol. The minimum absolute atomic E-state index is 0.189. The molecule has 0 aliphatic heterocycles. The topological polar surface area (TPSA) is 52.6 Å². The minimum atomic E-state index is -0.456. The number of esters is 2. The number of hydrogen-bond donors (Lipinski definition) is 0. The first kappa shape index (κ1) is 13.8. The van der Waals surface area contributed by atoms with Crippen LogP contribution in [0.15, 0.2) is 23.0 Å². The Morgan fingerprint density at radius 2 is 1.53 bits per heavy atom. The van der Waals surface area contributed by atoms with Crippen LogP contribution in [0.5, 0.6) is 0 Å². The summed E-state index contributed by atoms with van der Waals surface area (Å²) in [7, 11) is 0. The van der Waals surface area contributed by atoms with Crippen LogP contribution in [0.1, 0.15) is 20.8 Å². The molecule has 0 spiro atoms. The van der Waals surface area contributed by atoms with Gasteiger partial charge in [-0.25, -0.2) is 0 Å². The largest absolute Gasteiger partial charge is 0.430 e. The van der Waals surface area contributed by atoms with Gasteiger partial charge in [0.25, 0.3) is 0 Å².